The summed E-state index contributed by atoms with van der Waals surface area (Å²) in [7, 11) is -4.16. The molecule has 1 aromatic carbocycles. The van der Waals surface area contributed by atoms with E-state index in [9.17, 15) is 115 Å². The number of aryl methyl sites for hydroxylation is 1. The molecule has 0 aromatic heterocycles. The van der Waals surface area contributed by atoms with E-state index in [1.54, 1.807) is 65.1 Å². The molecule has 0 radical (unpaired) electrons. The van der Waals surface area contributed by atoms with E-state index in [1.807, 2.05) is 6.08 Å². The zero-order valence-electron chi connectivity index (χ0n) is 48.8. The molecule has 33 heteroatoms. The highest BCUT2D eigenvalue weighted by atomic mass is 127. The van der Waals surface area contributed by atoms with Crippen LogP contribution in [0.5, 0.6) is 0 Å². The summed E-state index contributed by atoms with van der Waals surface area (Å²) in [4.78, 5) is 45.9. The molecule has 1 unspecified atom stereocenters. The van der Waals surface area contributed by atoms with E-state index in [-0.39, 0.29) is 49.4 Å². The van der Waals surface area contributed by atoms with E-state index in [0.29, 0.717) is 28.3 Å². The molecule has 1 fully saturated rings. The molecule has 0 aliphatic carbocycles. The van der Waals surface area contributed by atoms with Gasteiger partial charge in [0.15, 0.2) is 0 Å². The van der Waals surface area contributed by atoms with E-state index in [2.05, 4.69) is 22.1 Å². The van der Waals surface area contributed by atoms with Crippen LogP contribution in [0.1, 0.15) is 161 Å². The molecule has 0 saturated carbocycles. The van der Waals surface area contributed by atoms with Crippen molar-refractivity contribution in [3.8, 4) is 0 Å². The molecule has 10 nitrogen and oxygen atoms in total. The normalized spacial score (nSPS) is 13.4. The fourth-order valence-corrected chi connectivity index (χ4v) is 7.97. The first-order valence-electron chi connectivity index (χ1n) is 27.4. The molecule has 1 aliphatic rings. The molecule has 1 aliphatic heterocycles. The predicted molar refractivity (Wildman–Crippen MR) is 306 cm³/mol. The van der Waals surface area contributed by atoms with Gasteiger partial charge in [-0.05, 0) is 125 Å². The molecular formula is C55H78F20I2O10S. The van der Waals surface area contributed by atoms with E-state index >= 15 is 0 Å². The third-order valence-electron chi connectivity index (χ3n) is 11.2. The highest BCUT2D eigenvalue weighted by molar-refractivity contribution is 14.1. The van der Waals surface area contributed by atoms with Gasteiger partial charge in [-0.15, -0.1) is 13.2 Å². The second-order valence-electron chi connectivity index (χ2n) is 18.9. The van der Waals surface area contributed by atoms with Gasteiger partial charge in [-0.2, -0.15) is 96.2 Å². The van der Waals surface area contributed by atoms with E-state index in [0.717, 1.165) is 63.7 Å². The summed E-state index contributed by atoms with van der Waals surface area (Å²) in [5.74, 6) is -21.8. The molecule has 1 saturated heterocycles. The lowest BCUT2D eigenvalue weighted by molar-refractivity contribution is -0.284. The second kappa shape index (κ2) is 46.9. The number of hydrogen-bond acceptors (Lipinski definition) is 10. The lowest BCUT2D eigenvalue weighted by Crippen LogP contribution is -2.36. The lowest BCUT2D eigenvalue weighted by atomic mass is 9.92. The molecule has 1 heterocycles. The van der Waals surface area contributed by atoms with Gasteiger partial charge in [0.25, 0.3) is 10.1 Å². The van der Waals surface area contributed by atoms with Crippen LogP contribution in [0.2, 0.25) is 0 Å². The van der Waals surface area contributed by atoms with Crippen molar-refractivity contribution >= 4 is 78.8 Å². The van der Waals surface area contributed by atoms with Gasteiger partial charge in [0, 0.05) is 51.7 Å². The second-order valence-corrected chi connectivity index (χ2v) is 22.6. The number of benzene rings is 1. The highest BCUT2D eigenvalue weighted by Crippen LogP contribution is 2.42. The summed E-state index contributed by atoms with van der Waals surface area (Å²) in [5, 5.41) is 0. The maximum absolute atomic E-state index is 12.9. The molecule has 2 rings (SSSR count). The number of unbranched alkanes of at least 4 members (excludes halogenated alkanes) is 6. The van der Waals surface area contributed by atoms with Crippen LogP contribution < -0.4 is 0 Å². The summed E-state index contributed by atoms with van der Waals surface area (Å²) in [6.07, 6.45) is -15.8. The molecule has 88 heavy (non-hydrogen) atoms. The molecule has 518 valence electrons. The number of allylic oxidation sites excluding steroid dienone is 2. The van der Waals surface area contributed by atoms with Crippen molar-refractivity contribution in [2.24, 2.45) is 5.92 Å². The van der Waals surface area contributed by atoms with Crippen molar-refractivity contribution in [2.75, 3.05) is 41.9 Å². The van der Waals surface area contributed by atoms with Crippen molar-refractivity contribution in [2.45, 2.75) is 215 Å². The first-order valence-corrected chi connectivity index (χ1v) is 31.8. The van der Waals surface area contributed by atoms with E-state index < -0.39 is 127 Å². The first-order chi connectivity index (χ1) is 40.3. The highest BCUT2D eigenvalue weighted by Gasteiger charge is 2.59. The number of esters is 2. The van der Waals surface area contributed by atoms with Crippen LogP contribution in [0.3, 0.4) is 0 Å². The Labute approximate surface area is 528 Å². The Kier molecular flexibility index (Phi) is 48.7. The van der Waals surface area contributed by atoms with Crippen molar-refractivity contribution in [1.82, 2.24) is 0 Å². The standard InChI is InChI=1S/C17H25F5O3.C12H13F5O3S.C12H20O3.2C5H6F5I.C4H8O/c1-3-5-6-7-8-11-14(23)13(15(24)25-4-2)10-9-12-16(18,19)17(20,21)22;1-9-3-5-10(6-4-9)21(18,19)20-8-2-7-11(13,14)12(15,16)17;1-3-5-6-7-8-9-11(13)10-12(14)15-4-2;2*6-4(7,2-1-3-11)5(8,9)10;1-2-4-5-3-1/h3,13H,1,4-12H2,2H3;3-6H,2,7-8H2,1H3;3H,1,4-10H2,2H3;2*1-3H2;1-4H2. The molecule has 1 atom stereocenters. The van der Waals surface area contributed by atoms with Crippen molar-refractivity contribution < 1.29 is 134 Å². The fourth-order valence-electron chi connectivity index (χ4n) is 6.26. The van der Waals surface area contributed by atoms with Gasteiger partial charge >= 0.3 is 60.3 Å². The molecule has 1 aromatic rings. The Morgan fingerprint density at radius 1 is 0.557 bits per heavy atom. The van der Waals surface area contributed by atoms with Crippen LogP contribution >= 0.6 is 45.2 Å². The van der Waals surface area contributed by atoms with Gasteiger partial charge in [-0.1, -0.05) is 87.9 Å². The Hall–Kier alpha value is -3.09. The van der Waals surface area contributed by atoms with Crippen LogP contribution in [-0.2, 0) is 47.7 Å². The van der Waals surface area contributed by atoms with Crippen LogP contribution in [0.25, 0.3) is 0 Å². The number of alkyl halides is 22. The quantitative estimate of drug-likeness (QED) is 0.00957. The van der Waals surface area contributed by atoms with E-state index in [4.69, 9.17) is 9.47 Å². The van der Waals surface area contributed by atoms with Crippen LogP contribution in [-0.4, -0.2) is 122 Å². The summed E-state index contributed by atoms with van der Waals surface area (Å²) >= 11 is 3.51. The van der Waals surface area contributed by atoms with Crippen molar-refractivity contribution in [3.63, 3.8) is 0 Å². The first kappa shape index (κ1) is 91.3. The average molecular weight is 1570 g/mol. The predicted octanol–water partition coefficient (Wildman–Crippen LogP) is 19.2. The van der Waals surface area contributed by atoms with Gasteiger partial charge in [0.2, 0.25) is 0 Å². The molecule has 0 bridgehead atoms. The molecule has 0 spiro atoms. The molecule has 0 N–H and O–H groups in total. The maximum Gasteiger partial charge on any atom is 0.453 e. The monoisotopic (exact) mass is 1560 g/mol. The minimum atomic E-state index is -5.65. The number of hydrogen-bond donors (Lipinski definition) is 0. The lowest BCUT2D eigenvalue weighted by Gasteiger charge is -2.20. The smallest absolute Gasteiger partial charge is 0.453 e. The topological polar surface area (TPSA) is 139 Å². The number of rotatable bonds is 34. The number of carbonyl (C=O) groups is 4. The SMILES string of the molecule is C1CCOC1.C=CCCCCCC(=O)C(CCCC(F)(F)C(F)(F)F)C(=O)OCC.C=CCCCCCC(=O)CC(=O)OCC.Cc1ccc(S(=O)(=O)OCCCC(F)(F)C(F)(F)F)cc1.FC(F)(F)C(F)(F)CCCI.FC(F)(F)C(F)(F)CCCI. The Morgan fingerprint density at radius 2 is 0.943 bits per heavy atom. The summed E-state index contributed by atoms with van der Waals surface area (Å²) in [5.41, 5.74) is 0.804. The van der Waals surface area contributed by atoms with E-state index in [1.165, 1.54) is 44.0 Å². The third-order valence-corrected chi connectivity index (χ3v) is 14.1. The zero-order chi connectivity index (χ0) is 69.1. The average Bonchev–Trinajstić information content (AvgIpc) is 4.12. The fraction of sp³-hybridized carbons (Fsp3) is 0.745. The summed E-state index contributed by atoms with van der Waals surface area (Å²) in [6.45, 7) is 13.8. The van der Waals surface area contributed by atoms with Crippen molar-refractivity contribution in [1.29, 1.82) is 0 Å². The largest absolute Gasteiger partial charge is 0.466 e. The van der Waals surface area contributed by atoms with Gasteiger partial charge in [-0.3, -0.25) is 23.4 Å². The maximum atomic E-state index is 12.9. The number of Topliss-reactive ketones (excluding diaryl/α,β-unsaturated/α-hetero) is 2. The van der Waals surface area contributed by atoms with Crippen LogP contribution in [0.4, 0.5) is 87.8 Å². The minimum absolute atomic E-state index is 0.000654. The Balaban J connectivity index is -0.000000507. The van der Waals surface area contributed by atoms with Crippen LogP contribution in [0, 0.1) is 12.8 Å². The Bertz CT molecular complexity index is 2140. The Morgan fingerprint density at radius 3 is 1.30 bits per heavy atom. The zero-order valence-corrected chi connectivity index (χ0v) is 53.9. The summed E-state index contributed by atoms with van der Waals surface area (Å²) in [6, 6.07) is 5.53. The van der Waals surface area contributed by atoms with Crippen LogP contribution in [0.15, 0.2) is 54.5 Å². The van der Waals surface area contributed by atoms with Gasteiger partial charge < -0.3 is 14.2 Å². The number of halogens is 22. The third kappa shape index (κ3) is 44.4. The van der Waals surface area contributed by atoms with Crippen molar-refractivity contribution in [3.05, 3.63) is 55.1 Å². The number of ether oxygens (including phenoxy) is 3. The summed E-state index contributed by atoms with van der Waals surface area (Å²) < 4.78 is 282. The van der Waals surface area contributed by atoms with Gasteiger partial charge in [0.1, 0.15) is 23.9 Å². The van der Waals surface area contributed by atoms with Gasteiger partial charge in [-0.25, -0.2) is 0 Å². The minimum Gasteiger partial charge on any atom is -0.466 e. The molecular weight excluding hydrogens is 1490 g/mol. The van der Waals surface area contributed by atoms with Gasteiger partial charge in [0.05, 0.1) is 24.7 Å². The number of ketones is 2. The number of carbonyl (C=O) groups excluding carboxylic acids is 4. The molecule has 0 amide bonds.